The maximum Gasteiger partial charge on any atom is 0.298 e. The van der Waals surface area contributed by atoms with Crippen molar-refractivity contribution in [2.24, 2.45) is 5.10 Å². The van der Waals surface area contributed by atoms with E-state index in [4.69, 9.17) is 20.0 Å². The van der Waals surface area contributed by atoms with Gasteiger partial charge in [0.2, 0.25) is 5.71 Å². The minimum atomic E-state index is -0.630. The van der Waals surface area contributed by atoms with E-state index < -0.39 is 10.6 Å². The Morgan fingerprint density at radius 3 is 2.45 bits per heavy atom. The number of fused-ring (bicyclic) bond motifs is 1. The van der Waals surface area contributed by atoms with Crippen LogP contribution in [0.3, 0.4) is 0 Å². The molecule has 0 atom stereocenters. The molecular weight excluding hydrogens is 266 g/mol. The number of hydrogen-bond acceptors (Lipinski definition) is 8. The summed E-state index contributed by atoms with van der Waals surface area (Å²) in [6.07, 6.45) is 0. The standard InChI is InChI=1S/C11H7N5O4/c12-5-7(6-13)14-15-8-3-10-11(20-2-1-19-10)4-9(8)16(17)18/h3-4,15H,1-2H2. The van der Waals surface area contributed by atoms with E-state index in [2.05, 4.69) is 10.5 Å². The van der Waals surface area contributed by atoms with E-state index in [-0.39, 0.29) is 17.1 Å². The topological polar surface area (TPSA) is 134 Å². The first kappa shape index (κ1) is 13.1. The lowest BCUT2D eigenvalue weighted by Crippen LogP contribution is -2.15. The average molecular weight is 273 g/mol. The SMILES string of the molecule is N#CC(C#N)=NNc1cc2c(cc1[N+](=O)[O-])OCCO2. The van der Waals surface area contributed by atoms with Crippen LogP contribution < -0.4 is 14.9 Å². The van der Waals surface area contributed by atoms with E-state index in [0.717, 1.165) is 0 Å². The maximum absolute atomic E-state index is 11.0. The van der Waals surface area contributed by atoms with Gasteiger partial charge in [-0.25, -0.2) is 0 Å². The number of rotatable bonds is 3. The smallest absolute Gasteiger partial charge is 0.298 e. The predicted octanol–water partition coefficient (Wildman–Crippen LogP) is 1.18. The van der Waals surface area contributed by atoms with Gasteiger partial charge in [-0.05, 0) is 0 Å². The molecule has 0 radical (unpaired) electrons. The van der Waals surface area contributed by atoms with Gasteiger partial charge in [-0.2, -0.15) is 15.6 Å². The lowest BCUT2D eigenvalue weighted by molar-refractivity contribution is -0.384. The second kappa shape index (κ2) is 5.54. The highest BCUT2D eigenvalue weighted by Crippen LogP contribution is 2.39. The number of nitrogens with one attached hydrogen (secondary N) is 1. The Morgan fingerprint density at radius 2 is 1.90 bits per heavy atom. The second-order valence-corrected chi connectivity index (χ2v) is 3.57. The largest absolute Gasteiger partial charge is 0.486 e. The molecule has 1 aromatic rings. The molecule has 0 saturated carbocycles. The Bertz CT molecular complexity index is 655. The van der Waals surface area contributed by atoms with Crippen LogP contribution >= 0.6 is 0 Å². The zero-order chi connectivity index (χ0) is 14.5. The molecule has 9 nitrogen and oxygen atoms in total. The van der Waals surface area contributed by atoms with Crippen LogP contribution in [-0.4, -0.2) is 23.8 Å². The van der Waals surface area contributed by atoms with E-state index in [1.165, 1.54) is 24.3 Å². The zero-order valence-electron chi connectivity index (χ0n) is 9.99. The average Bonchev–Trinajstić information content (AvgIpc) is 2.47. The Labute approximate surface area is 112 Å². The molecule has 0 aromatic heterocycles. The molecule has 0 amide bonds. The number of nitriles is 2. The van der Waals surface area contributed by atoms with Crippen LogP contribution in [0.15, 0.2) is 17.2 Å². The molecule has 0 fully saturated rings. The number of benzene rings is 1. The van der Waals surface area contributed by atoms with Crippen LogP contribution in [0.25, 0.3) is 0 Å². The molecular formula is C11H7N5O4. The molecule has 0 saturated heterocycles. The highest BCUT2D eigenvalue weighted by atomic mass is 16.6. The lowest BCUT2D eigenvalue weighted by atomic mass is 10.2. The summed E-state index contributed by atoms with van der Waals surface area (Å²) in [6, 6.07) is 5.60. The summed E-state index contributed by atoms with van der Waals surface area (Å²) in [5.74, 6) is 0.591. The van der Waals surface area contributed by atoms with Crippen molar-refractivity contribution in [2.45, 2.75) is 0 Å². The minimum absolute atomic E-state index is 0.00208. The number of hydrogen-bond donors (Lipinski definition) is 1. The number of ether oxygens (including phenoxy) is 2. The Balaban J connectivity index is 2.41. The molecule has 0 unspecified atom stereocenters. The summed E-state index contributed by atoms with van der Waals surface area (Å²) in [4.78, 5) is 10.4. The van der Waals surface area contributed by atoms with Gasteiger partial charge in [0.05, 0.1) is 11.0 Å². The first-order chi connectivity index (χ1) is 9.65. The van der Waals surface area contributed by atoms with Crippen LogP contribution in [-0.2, 0) is 0 Å². The third-order valence-electron chi connectivity index (χ3n) is 2.36. The number of hydrazone groups is 1. The maximum atomic E-state index is 11.0. The molecule has 100 valence electrons. The summed E-state index contributed by atoms with van der Waals surface area (Å²) in [5.41, 5.74) is 1.57. The third kappa shape index (κ3) is 2.57. The van der Waals surface area contributed by atoms with E-state index >= 15 is 0 Å². The van der Waals surface area contributed by atoms with E-state index in [9.17, 15) is 10.1 Å². The van der Waals surface area contributed by atoms with Crippen molar-refractivity contribution in [3.8, 4) is 23.6 Å². The van der Waals surface area contributed by atoms with Crippen molar-refractivity contribution in [3.05, 3.63) is 22.2 Å². The fourth-order valence-electron chi connectivity index (χ4n) is 1.51. The summed E-state index contributed by atoms with van der Waals surface area (Å²) >= 11 is 0. The van der Waals surface area contributed by atoms with Gasteiger partial charge in [-0.15, -0.1) is 0 Å². The molecule has 20 heavy (non-hydrogen) atoms. The van der Waals surface area contributed by atoms with Gasteiger partial charge >= 0.3 is 0 Å². The summed E-state index contributed by atoms with van der Waals surface area (Å²) < 4.78 is 10.5. The van der Waals surface area contributed by atoms with Crippen molar-refractivity contribution in [2.75, 3.05) is 18.6 Å². The minimum Gasteiger partial charge on any atom is -0.486 e. The molecule has 1 heterocycles. The molecule has 1 aromatic carbocycles. The highest BCUT2D eigenvalue weighted by molar-refractivity contribution is 6.10. The predicted molar refractivity (Wildman–Crippen MR) is 66.4 cm³/mol. The van der Waals surface area contributed by atoms with E-state index in [0.29, 0.717) is 19.0 Å². The fourth-order valence-corrected chi connectivity index (χ4v) is 1.51. The van der Waals surface area contributed by atoms with Gasteiger partial charge in [0, 0.05) is 6.07 Å². The van der Waals surface area contributed by atoms with Crippen LogP contribution in [0, 0.1) is 32.8 Å². The normalized spacial score (nSPS) is 11.7. The van der Waals surface area contributed by atoms with Gasteiger partial charge in [0.1, 0.15) is 31.0 Å². The van der Waals surface area contributed by atoms with Crippen molar-refractivity contribution in [3.63, 3.8) is 0 Å². The molecule has 9 heteroatoms. The molecule has 0 bridgehead atoms. The van der Waals surface area contributed by atoms with E-state index in [1.807, 2.05) is 0 Å². The van der Waals surface area contributed by atoms with Gasteiger partial charge in [-0.3, -0.25) is 15.5 Å². The molecule has 1 aliphatic heterocycles. The summed E-state index contributed by atoms with van der Waals surface area (Å²) in [6.45, 7) is 0.636. The lowest BCUT2D eigenvalue weighted by Gasteiger charge is -2.18. The second-order valence-electron chi connectivity index (χ2n) is 3.57. The quantitative estimate of drug-likeness (QED) is 0.496. The van der Waals surface area contributed by atoms with Crippen LogP contribution in [0.1, 0.15) is 0 Å². The van der Waals surface area contributed by atoms with Gasteiger partial charge in [-0.1, -0.05) is 0 Å². The molecule has 2 rings (SSSR count). The van der Waals surface area contributed by atoms with Gasteiger partial charge in [0.15, 0.2) is 11.5 Å². The summed E-state index contributed by atoms with van der Waals surface area (Å²) in [7, 11) is 0. The fraction of sp³-hybridized carbons (Fsp3) is 0.182. The van der Waals surface area contributed by atoms with E-state index in [1.54, 1.807) is 0 Å². The molecule has 1 N–H and O–H groups in total. The Kier molecular flexibility index (Phi) is 3.63. The molecule has 0 spiro atoms. The Morgan fingerprint density at radius 1 is 1.30 bits per heavy atom. The number of nitro groups is 1. The summed E-state index contributed by atoms with van der Waals surface area (Å²) in [5, 5.41) is 31.6. The first-order valence-corrected chi connectivity index (χ1v) is 5.37. The Hall–Kier alpha value is -3.33. The zero-order valence-corrected chi connectivity index (χ0v) is 9.99. The van der Waals surface area contributed by atoms with Crippen molar-refractivity contribution < 1.29 is 14.4 Å². The van der Waals surface area contributed by atoms with Gasteiger partial charge in [0.25, 0.3) is 5.69 Å². The monoisotopic (exact) mass is 273 g/mol. The molecule has 1 aliphatic rings. The third-order valence-corrected chi connectivity index (χ3v) is 2.36. The molecule has 0 aliphatic carbocycles. The number of nitro benzene ring substituents is 1. The van der Waals surface area contributed by atoms with Crippen LogP contribution in [0.4, 0.5) is 11.4 Å². The van der Waals surface area contributed by atoms with Gasteiger partial charge < -0.3 is 9.47 Å². The van der Waals surface area contributed by atoms with Crippen LogP contribution in [0.5, 0.6) is 11.5 Å². The van der Waals surface area contributed by atoms with Crippen molar-refractivity contribution >= 4 is 17.1 Å². The highest BCUT2D eigenvalue weighted by Gasteiger charge is 2.22. The van der Waals surface area contributed by atoms with Crippen molar-refractivity contribution in [1.29, 1.82) is 10.5 Å². The van der Waals surface area contributed by atoms with Crippen molar-refractivity contribution in [1.82, 2.24) is 0 Å². The first-order valence-electron chi connectivity index (χ1n) is 5.37. The van der Waals surface area contributed by atoms with Crippen LogP contribution in [0.2, 0.25) is 0 Å². The number of anilines is 1. The number of nitrogens with zero attached hydrogens (tertiary/aromatic N) is 4.